The van der Waals surface area contributed by atoms with Crippen molar-refractivity contribution in [1.29, 1.82) is 0 Å². The molecule has 0 heterocycles. The summed E-state index contributed by atoms with van der Waals surface area (Å²) in [5.41, 5.74) is 7.44. The van der Waals surface area contributed by atoms with Crippen LogP contribution in [0.1, 0.15) is 18.1 Å². The van der Waals surface area contributed by atoms with E-state index in [-0.39, 0.29) is 0 Å². The van der Waals surface area contributed by atoms with Gasteiger partial charge in [-0.05, 0) is 30.7 Å². The zero-order valence-electron chi connectivity index (χ0n) is 10.4. The lowest BCUT2D eigenvalue weighted by Crippen LogP contribution is -2.30. The molecule has 5 nitrogen and oxygen atoms in total. The number of hydrogen-bond donors (Lipinski definition) is 3. The van der Waals surface area contributed by atoms with Crippen LogP contribution in [0.15, 0.2) is 18.2 Å². The minimum Gasteiger partial charge on any atom is -0.320 e. The molecule has 0 radical (unpaired) electrons. The van der Waals surface area contributed by atoms with Crippen LogP contribution in [0, 0.1) is 18.8 Å². The Labute approximate surface area is 108 Å². The van der Waals surface area contributed by atoms with Gasteiger partial charge in [0, 0.05) is 12.1 Å². The minimum atomic E-state index is -3.49. The van der Waals surface area contributed by atoms with E-state index in [1.807, 2.05) is 13.0 Å². The Hall–Kier alpha value is -1.55. The predicted octanol–water partition coefficient (Wildman–Crippen LogP) is 0.571. The molecule has 0 aliphatic rings. The van der Waals surface area contributed by atoms with Crippen LogP contribution in [-0.4, -0.2) is 21.5 Å². The molecule has 4 N–H and O–H groups in total. The lowest BCUT2D eigenvalue weighted by atomic mass is 10.1. The lowest BCUT2D eigenvalue weighted by Gasteiger charge is -2.10. The third-order valence-electron chi connectivity index (χ3n) is 2.14. The molecule has 0 fully saturated rings. The highest BCUT2D eigenvalue weighted by molar-refractivity contribution is 7.90. The van der Waals surface area contributed by atoms with Gasteiger partial charge >= 0.3 is 0 Å². The van der Waals surface area contributed by atoms with Gasteiger partial charge in [-0.1, -0.05) is 18.8 Å². The molecule has 1 aromatic carbocycles. The van der Waals surface area contributed by atoms with Gasteiger partial charge in [-0.25, -0.2) is 0 Å². The first-order chi connectivity index (χ1) is 8.48. The van der Waals surface area contributed by atoms with E-state index in [1.54, 1.807) is 19.1 Å². The van der Waals surface area contributed by atoms with E-state index >= 15 is 0 Å². The van der Waals surface area contributed by atoms with Crippen molar-refractivity contribution >= 4 is 15.9 Å². The van der Waals surface area contributed by atoms with E-state index in [9.17, 15) is 8.42 Å². The average molecular weight is 267 g/mol. The van der Waals surface area contributed by atoms with Crippen molar-refractivity contribution in [2.24, 2.45) is 5.73 Å². The SMILES string of the molecule is CCNS(=O)(=O)Nc1ccc(C#CCN)cc1C. The summed E-state index contributed by atoms with van der Waals surface area (Å²) >= 11 is 0. The van der Waals surface area contributed by atoms with Gasteiger partial charge in [0.25, 0.3) is 10.2 Å². The van der Waals surface area contributed by atoms with Gasteiger partial charge in [-0.15, -0.1) is 0 Å². The highest BCUT2D eigenvalue weighted by Gasteiger charge is 2.09. The average Bonchev–Trinajstić information content (AvgIpc) is 2.29. The molecule has 0 spiro atoms. The number of hydrogen-bond acceptors (Lipinski definition) is 3. The highest BCUT2D eigenvalue weighted by Crippen LogP contribution is 2.16. The molecule has 98 valence electrons. The van der Waals surface area contributed by atoms with Crippen molar-refractivity contribution in [3.63, 3.8) is 0 Å². The van der Waals surface area contributed by atoms with Crippen molar-refractivity contribution in [2.75, 3.05) is 17.8 Å². The molecule has 1 rings (SSSR count). The van der Waals surface area contributed by atoms with Crippen LogP contribution in [0.25, 0.3) is 0 Å². The molecule has 0 atom stereocenters. The van der Waals surface area contributed by atoms with E-state index in [0.29, 0.717) is 18.8 Å². The maximum Gasteiger partial charge on any atom is 0.299 e. The first kappa shape index (κ1) is 14.5. The molecule has 0 aromatic heterocycles. The lowest BCUT2D eigenvalue weighted by molar-refractivity contribution is 0.589. The Morgan fingerprint density at radius 2 is 2.11 bits per heavy atom. The summed E-state index contributed by atoms with van der Waals surface area (Å²) in [6.45, 7) is 4.18. The largest absolute Gasteiger partial charge is 0.320 e. The summed E-state index contributed by atoms with van der Waals surface area (Å²) in [5.74, 6) is 5.64. The van der Waals surface area contributed by atoms with Gasteiger partial charge in [0.1, 0.15) is 0 Å². The normalized spacial score (nSPS) is 10.6. The molecule has 0 unspecified atom stereocenters. The summed E-state index contributed by atoms with van der Waals surface area (Å²) in [7, 11) is -3.49. The van der Waals surface area contributed by atoms with Gasteiger partial charge in [0.05, 0.1) is 12.2 Å². The Morgan fingerprint density at radius 1 is 1.39 bits per heavy atom. The molecule has 6 heteroatoms. The van der Waals surface area contributed by atoms with E-state index < -0.39 is 10.2 Å². The van der Waals surface area contributed by atoms with Crippen molar-refractivity contribution in [1.82, 2.24) is 4.72 Å². The van der Waals surface area contributed by atoms with Crippen LogP contribution >= 0.6 is 0 Å². The minimum absolute atomic E-state index is 0.299. The van der Waals surface area contributed by atoms with Gasteiger partial charge in [-0.3, -0.25) is 4.72 Å². The molecule has 0 saturated heterocycles. The van der Waals surface area contributed by atoms with Gasteiger partial charge < -0.3 is 5.73 Å². The molecule has 1 aromatic rings. The zero-order valence-corrected chi connectivity index (χ0v) is 11.3. The third-order valence-corrected chi connectivity index (χ3v) is 3.30. The van der Waals surface area contributed by atoms with E-state index in [1.165, 1.54) is 0 Å². The first-order valence-electron chi connectivity index (χ1n) is 5.55. The van der Waals surface area contributed by atoms with Crippen LogP contribution in [0.5, 0.6) is 0 Å². The molecule has 0 amide bonds. The van der Waals surface area contributed by atoms with Gasteiger partial charge in [-0.2, -0.15) is 13.1 Å². The molecule has 18 heavy (non-hydrogen) atoms. The molecule has 0 aliphatic heterocycles. The summed E-state index contributed by atoms with van der Waals surface area (Å²) in [6, 6.07) is 5.25. The number of aryl methyl sites for hydroxylation is 1. The van der Waals surface area contributed by atoms with E-state index in [2.05, 4.69) is 21.3 Å². The van der Waals surface area contributed by atoms with Crippen molar-refractivity contribution < 1.29 is 8.42 Å². The summed E-state index contributed by atoms with van der Waals surface area (Å²) in [5, 5.41) is 0. The summed E-state index contributed by atoms with van der Waals surface area (Å²) < 4.78 is 27.9. The smallest absolute Gasteiger partial charge is 0.299 e. The molecule has 0 saturated carbocycles. The predicted molar refractivity (Wildman–Crippen MR) is 73.3 cm³/mol. The second kappa shape index (κ2) is 6.40. The number of anilines is 1. The molecular formula is C12H17N3O2S. The number of nitrogens with one attached hydrogen (secondary N) is 2. The fourth-order valence-corrected chi connectivity index (χ4v) is 2.35. The third kappa shape index (κ3) is 4.37. The van der Waals surface area contributed by atoms with Crippen molar-refractivity contribution in [3.05, 3.63) is 29.3 Å². The number of benzene rings is 1. The van der Waals surface area contributed by atoms with Crippen molar-refractivity contribution in [2.45, 2.75) is 13.8 Å². The Kier molecular flexibility index (Phi) is 5.16. The fourth-order valence-electron chi connectivity index (χ4n) is 1.38. The molecular weight excluding hydrogens is 250 g/mol. The van der Waals surface area contributed by atoms with Crippen LogP contribution in [0.4, 0.5) is 5.69 Å². The van der Waals surface area contributed by atoms with E-state index in [0.717, 1.165) is 11.1 Å². The maximum absolute atomic E-state index is 11.5. The standard InChI is InChI=1S/C12H17N3O2S/c1-3-14-18(16,17)15-12-7-6-11(5-4-8-13)9-10(12)2/h6-7,9,14-15H,3,8,13H2,1-2H3. The Balaban J connectivity index is 2.93. The number of rotatable bonds is 4. The topological polar surface area (TPSA) is 84.2 Å². The highest BCUT2D eigenvalue weighted by atomic mass is 32.2. The van der Waals surface area contributed by atoms with Crippen LogP contribution < -0.4 is 15.2 Å². The summed E-state index contributed by atoms with van der Waals surface area (Å²) in [4.78, 5) is 0. The van der Waals surface area contributed by atoms with Crippen LogP contribution in [0.3, 0.4) is 0 Å². The zero-order chi connectivity index (χ0) is 13.6. The molecule has 0 bridgehead atoms. The van der Waals surface area contributed by atoms with Crippen molar-refractivity contribution in [3.8, 4) is 11.8 Å². The van der Waals surface area contributed by atoms with Gasteiger partial charge in [0.15, 0.2) is 0 Å². The first-order valence-corrected chi connectivity index (χ1v) is 7.04. The Morgan fingerprint density at radius 3 is 2.67 bits per heavy atom. The maximum atomic E-state index is 11.5. The quantitative estimate of drug-likeness (QED) is 0.697. The second-order valence-electron chi connectivity index (χ2n) is 3.64. The number of nitrogens with two attached hydrogens (primary N) is 1. The second-order valence-corrected chi connectivity index (χ2v) is 5.14. The Bertz CT molecular complexity index is 571. The van der Waals surface area contributed by atoms with Crippen LogP contribution in [0.2, 0.25) is 0 Å². The summed E-state index contributed by atoms with van der Waals surface area (Å²) in [6.07, 6.45) is 0. The monoisotopic (exact) mass is 267 g/mol. The molecule has 0 aliphatic carbocycles. The van der Waals surface area contributed by atoms with Crippen LogP contribution in [-0.2, 0) is 10.2 Å². The van der Waals surface area contributed by atoms with Gasteiger partial charge in [0.2, 0.25) is 0 Å². The fraction of sp³-hybridized carbons (Fsp3) is 0.333. The van der Waals surface area contributed by atoms with E-state index in [4.69, 9.17) is 5.73 Å².